The van der Waals surface area contributed by atoms with Crippen LogP contribution in [0.4, 0.5) is 0 Å². The van der Waals surface area contributed by atoms with Crippen LogP contribution in [0.2, 0.25) is 0 Å². The van der Waals surface area contributed by atoms with Crippen LogP contribution in [0.5, 0.6) is 0 Å². The van der Waals surface area contributed by atoms with Gasteiger partial charge < -0.3 is 0 Å². The Morgan fingerprint density at radius 1 is 1.38 bits per heavy atom. The van der Waals surface area contributed by atoms with Gasteiger partial charge in [-0.25, -0.2) is 9.97 Å². The van der Waals surface area contributed by atoms with Crippen molar-refractivity contribution in [2.75, 3.05) is 0 Å². The third-order valence-electron chi connectivity index (χ3n) is 2.78. The maximum absolute atomic E-state index is 4.33. The lowest BCUT2D eigenvalue weighted by molar-refractivity contribution is 0.401. The highest BCUT2D eigenvalue weighted by Gasteiger charge is 2.24. The van der Waals surface area contributed by atoms with E-state index in [0.717, 1.165) is 6.42 Å². The minimum absolute atomic E-state index is 0.234. The smallest absolute Gasteiger partial charge is 0.115 e. The molecule has 0 aromatic carbocycles. The predicted octanol–water partition coefficient (Wildman–Crippen LogP) is 2.94. The summed E-state index contributed by atoms with van der Waals surface area (Å²) in [4.78, 5) is 8.27. The molecule has 0 N–H and O–H groups in total. The number of hydrogen-bond donors (Lipinski definition) is 0. The van der Waals surface area contributed by atoms with Crippen molar-refractivity contribution < 1.29 is 0 Å². The summed E-state index contributed by atoms with van der Waals surface area (Å²) in [7, 11) is 0. The molecule has 1 atom stereocenters. The molecule has 0 aliphatic heterocycles. The van der Waals surface area contributed by atoms with Gasteiger partial charge in [0.2, 0.25) is 0 Å². The first-order valence-electron chi connectivity index (χ1n) is 4.99. The molecule has 0 amide bonds. The number of nitrogens with zero attached hydrogens (tertiary/aromatic N) is 2. The van der Waals surface area contributed by atoms with Gasteiger partial charge in [-0.3, -0.25) is 0 Å². The topological polar surface area (TPSA) is 25.8 Å². The van der Waals surface area contributed by atoms with Crippen molar-refractivity contribution in [1.82, 2.24) is 9.97 Å². The summed E-state index contributed by atoms with van der Waals surface area (Å²) in [5.74, 6) is 0. The first-order chi connectivity index (χ1) is 6.23. The fourth-order valence-corrected chi connectivity index (χ4v) is 1.69. The van der Waals surface area contributed by atoms with Gasteiger partial charge in [-0.05, 0) is 18.9 Å². The standard InChI is InChI=1S/C11H18N2/c1-4-7-11(3,5-2)10-6-8-12-9-13-10/h6,8-9H,4-5,7H2,1-3H3. The molecule has 2 heteroatoms. The second-order valence-corrected chi connectivity index (χ2v) is 3.76. The van der Waals surface area contributed by atoms with Gasteiger partial charge in [0, 0.05) is 17.3 Å². The maximum Gasteiger partial charge on any atom is 0.115 e. The summed E-state index contributed by atoms with van der Waals surface area (Å²) < 4.78 is 0. The van der Waals surface area contributed by atoms with Gasteiger partial charge in [-0.15, -0.1) is 0 Å². The summed E-state index contributed by atoms with van der Waals surface area (Å²) in [5, 5.41) is 0. The summed E-state index contributed by atoms with van der Waals surface area (Å²) in [6.07, 6.45) is 7.00. The normalized spacial score (nSPS) is 15.3. The zero-order valence-corrected chi connectivity index (χ0v) is 8.75. The molecule has 0 spiro atoms. The molecule has 1 rings (SSSR count). The average molecular weight is 178 g/mol. The maximum atomic E-state index is 4.33. The van der Waals surface area contributed by atoms with E-state index >= 15 is 0 Å². The lowest BCUT2D eigenvalue weighted by atomic mass is 9.80. The van der Waals surface area contributed by atoms with Gasteiger partial charge >= 0.3 is 0 Å². The number of hydrogen-bond acceptors (Lipinski definition) is 2. The lowest BCUT2D eigenvalue weighted by Gasteiger charge is -2.26. The van der Waals surface area contributed by atoms with Crippen LogP contribution in [-0.2, 0) is 5.41 Å². The molecular weight excluding hydrogens is 160 g/mol. The van der Waals surface area contributed by atoms with E-state index in [-0.39, 0.29) is 5.41 Å². The molecular formula is C11H18N2. The van der Waals surface area contributed by atoms with E-state index in [4.69, 9.17) is 0 Å². The molecule has 0 saturated heterocycles. The Labute approximate surface area is 80.4 Å². The van der Waals surface area contributed by atoms with Crippen molar-refractivity contribution >= 4 is 0 Å². The molecule has 1 aromatic heterocycles. The van der Waals surface area contributed by atoms with Crippen LogP contribution in [-0.4, -0.2) is 9.97 Å². The van der Waals surface area contributed by atoms with E-state index < -0.39 is 0 Å². The summed E-state index contributed by atoms with van der Waals surface area (Å²) in [6, 6.07) is 2.03. The summed E-state index contributed by atoms with van der Waals surface area (Å²) in [6.45, 7) is 6.71. The minimum Gasteiger partial charge on any atom is -0.245 e. The zero-order chi connectivity index (χ0) is 9.73. The summed E-state index contributed by atoms with van der Waals surface area (Å²) >= 11 is 0. The molecule has 2 nitrogen and oxygen atoms in total. The molecule has 72 valence electrons. The highest BCUT2D eigenvalue weighted by Crippen LogP contribution is 2.30. The molecule has 1 heterocycles. The van der Waals surface area contributed by atoms with E-state index in [2.05, 4.69) is 30.7 Å². The Balaban J connectivity index is 2.89. The monoisotopic (exact) mass is 178 g/mol. The molecule has 0 saturated carbocycles. The lowest BCUT2D eigenvalue weighted by Crippen LogP contribution is -2.21. The van der Waals surface area contributed by atoms with E-state index in [1.807, 2.05) is 12.3 Å². The fraction of sp³-hybridized carbons (Fsp3) is 0.636. The van der Waals surface area contributed by atoms with Gasteiger partial charge in [0.15, 0.2) is 0 Å². The molecule has 0 bridgehead atoms. The van der Waals surface area contributed by atoms with Crippen LogP contribution in [0.1, 0.15) is 45.7 Å². The van der Waals surface area contributed by atoms with Gasteiger partial charge in [0.1, 0.15) is 6.33 Å². The number of rotatable bonds is 4. The Bertz CT molecular complexity index is 246. The quantitative estimate of drug-likeness (QED) is 0.708. The van der Waals surface area contributed by atoms with Crippen molar-refractivity contribution in [3.63, 3.8) is 0 Å². The average Bonchev–Trinajstić information content (AvgIpc) is 2.19. The van der Waals surface area contributed by atoms with E-state index in [0.29, 0.717) is 0 Å². The summed E-state index contributed by atoms with van der Waals surface area (Å²) in [5.41, 5.74) is 1.41. The Kier molecular flexibility index (Phi) is 3.40. The highest BCUT2D eigenvalue weighted by molar-refractivity contribution is 5.12. The third-order valence-corrected chi connectivity index (χ3v) is 2.78. The predicted molar refractivity (Wildman–Crippen MR) is 54.6 cm³/mol. The zero-order valence-electron chi connectivity index (χ0n) is 8.75. The van der Waals surface area contributed by atoms with Gasteiger partial charge in [0.25, 0.3) is 0 Å². The largest absolute Gasteiger partial charge is 0.245 e. The molecule has 0 aliphatic carbocycles. The SMILES string of the molecule is CCCC(C)(CC)c1ccncn1. The van der Waals surface area contributed by atoms with Crippen molar-refractivity contribution in [3.8, 4) is 0 Å². The van der Waals surface area contributed by atoms with Crippen LogP contribution in [0.15, 0.2) is 18.6 Å². The third kappa shape index (κ3) is 2.27. The van der Waals surface area contributed by atoms with Gasteiger partial charge in [-0.2, -0.15) is 0 Å². The van der Waals surface area contributed by atoms with E-state index in [1.165, 1.54) is 18.5 Å². The second kappa shape index (κ2) is 4.35. The second-order valence-electron chi connectivity index (χ2n) is 3.76. The molecule has 0 radical (unpaired) electrons. The van der Waals surface area contributed by atoms with Crippen LogP contribution in [0, 0.1) is 0 Å². The molecule has 0 aliphatic rings. The first kappa shape index (κ1) is 10.2. The molecule has 13 heavy (non-hydrogen) atoms. The van der Waals surface area contributed by atoms with Gasteiger partial charge in [-0.1, -0.05) is 27.2 Å². The van der Waals surface area contributed by atoms with Crippen LogP contribution < -0.4 is 0 Å². The Morgan fingerprint density at radius 3 is 2.62 bits per heavy atom. The Hall–Kier alpha value is -0.920. The Morgan fingerprint density at radius 2 is 2.15 bits per heavy atom. The van der Waals surface area contributed by atoms with Crippen molar-refractivity contribution in [2.24, 2.45) is 0 Å². The van der Waals surface area contributed by atoms with Crippen LogP contribution in [0.3, 0.4) is 0 Å². The van der Waals surface area contributed by atoms with E-state index in [9.17, 15) is 0 Å². The van der Waals surface area contributed by atoms with Crippen molar-refractivity contribution in [2.45, 2.75) is 45.4 Å². The molecule has 1 aromatic rings. The van der Waals surface area contributed by atoms with Gasteiger partial charge in [0.05, 0.1) is 0 Å². The van der Waals surface area contributed by atoms with E-state index in [1.54, 1.807) is 6.33 Å². The number of aromatic nitrogens is 2. The van der Waals surface area contributed by atoms with Crippen LogP contribution >= 0.6 is 0 Å². The van der Waals surface area contributed by atoms with Crippen molar-refractivity contribution in [3.05, 3.63) is 24.3 Å². The molecule has 1 unspecified atom stereocenters. The van der Waals surface area contributed by atoms with Crippen LogP contribution in [0.25, 0.3) is 0 Å². The highest BCUT2D eigenvalue weighted by atomic mass is 14.8. The minimum atomic E-state index is 0.234. The van der Waals surface area contributed by atoms with Crippen molar-refractivity contribution in [1.29, 1.82) is 0 Å². The molecule has 0 fully saturated rings. The first-order valence-corrected chi connectivity index (χ1v) is 4.99. The fourth-order valence-electron chi connectivity index (χ4n) is 1.69.